The van der Waals surface area contributed by atoms with E-state index < -0.39 is 5.97 Å². The largest absolute Gasteiger partial charge is 2.00 e. The number of carboxylic acid groups (broad SMARTS) is 1. The molecule has 0 aliphatic rings. The van der Waals surface area contributed by atoms with Gasteiger partial charge in [-0.3, -0.25) is 4.79 Å². The van der Waals surface area contributed by atoms with Crippen LogP contribution in [0, 0.1) is 0 Å². The normalized spacial score (nSPS) is 8.27. The minimum Gasteiger partial charge on any atom is -0.482 e. The zero-order chi connectivity index (χ0) is 10.2. The van der Waals surface area contributed by atoms with Gasteiger partial charge in [-0.05, 0) is 0 Å². The second-order valence-electron chi connectivity index (χ2n) is 2.83. The molecule has 3 heteroatoms. The van der Waals surface area contributed by atoms with Crippen molar-refractivity contribution in [1.29, 1.82) is 0 Å². The maximum atomic E-state index is 10.1. The fourth-order valence-electron chi connectivity index (χ4n) is 1.03. The Hall–Kier alpha value is -1.32. The number of carboxylic acids is 1. The summed E-state index contributed by atoms with van der Waals surface area (Å²) in [6.07, 6.45) is 0.132. The molecule has 15 heavy (non-hydrogen) atoms. The van der Waals surface area contributed by atoms with Crippen molar-refractivity contribution in [3.63, 3.8) is 0 Å². The molecule has 0 saturated carbocycles. The summed E-state index contributed by atoms with van der Waals surface area (Å²) in [7, 11) is 0. The molecule has 0 saturated heterocycles. The number of rotatable bonds is 2. The molecule has 2 rings (SSSR count). The Kier molecular flexibility index (Phi) is 7.32. The van der Waals surface area contributed by atoms with Crippen LogP contribution in [0.2, 0.25) is 0 Å². The van der Waals surface area contributed by atoms with Gasteiger partial charge in [-0.25, -0.2) is 24.3 Å². The first-order chi connectivity index (χ1) is 6.79. The van der Waals surface area contributed by atoms with Gasteiger partial charge in [-0.1, -0.05) is 0 Å². The second-order valence-corrected chi connectivity index (χ2v) is 2.83. The van der Waals surface area contributed by atoms with Gasteiger partial charge in [-0.15, -0.1) is 5.56 Å². The molecule has 2 aromatic carbocycles. The van der Waals surface area contributed by atoms with Gasteiger partial charge in [0.05, 0.1) is 0 Å². The Labute approximate surface area is 99.5 Å². The Morgan fingerprint density at radius 3 is 2.00 bits per heavy atom. The van der Waals surface area contributed by atoms with Gasteiger partial charge in [0, 0.05) is 6.42 Å². The fraction of sp³-hybridized carbons (Fsp3) is 0.0833. The van der Waals surface area contributed by atoms with Gasteiger partial charge in [0.25, 0.3) is 5.97 Å². The average molecular weight is 247 g/mol. The van der Waals surface area contributed by atoms with Crippen LogP contribution in [-0.4, -0.2) is 11.1 Å². The van der Waals surface area contributed by atoms with Gasteiger partial charge < -0.3 is 5.11 Å². The van der Waals surface area contributed by atoms with E-state index in [2.05, 4.69) is 0 Å². The molecule has 1 radical (unpaired) electrons. The van der Waals surface area contributed by atoms with Crippen molar-refractivity contribution in [3.05, 3.63) is 60.2 Å². The molecule has 0 amide bonds. The van der Waals surface area contributed by atoms with Crippen molar-refractivity contribution in [1.82, 2.24) is 0 Å². The number of carbonyl (C=O) groups is 1. The van der Waals surface area contributed by atoms with Gasteiger partial charge in [0.15, 0.2) is 0 Å². The monoisotopic (exact) mass is 247 g/mol. The zero-order valence-electron chi connectivity index (χ0n) is 8.09. The topological polar surface area (TPSA) is 37.3 Å². The second kappa shape index (κ2) is 8.02. The Bertz CT molecular complexity index is 318. The molecule has 81 valence electrons. The molecule has 2 aromatic rings. The van der Waals surface area contributed by atoms with E-state index in [4.69, 9.17) is 5.11 Å². The number of hydrogen-bond acceptors (Lipinski definition) is 1. The van der Waals surface area contributed by atoms with E-state index in [9.17, 15) is 4.79 Å². The average Bonchev–Trinajstić information content (AvgIpc) is 2.75. The van der Waals surface area contributed by atoms with E-state index in [0.29, 0.717) is 0 Å². The van der Waals surface area contributed by atoms with E-state index in [1.165, 1.54) is 0 Å². The van der Waals surface area contributed by atoms with E-state index >= 15 is 0 Å². The third-order valence-electron chi connectivity index (χ3n) is 1.64. The molecule has 1 N–H and O–H groups in total. The maximum absolute atomic E-state index is 10.1. The summed E-state index contributed by atoms with van der Waals surface area (Å²) in [6, 6.07) is 17.3. The van der Waals surface area contributed by atoms with E-state index in [-0.39, 0.29) is 23.2 Å². The summed E-state index contributed by atoms with van der Waals surface area (Å²) in [5.41, 5.74) is 0.863. The molecule has 0 fully saturated rings. The minimum atomic E-state index is -0.777. The van der Waals surface area contributed by atoms with Crippen molar-refractivity contribution in [3.8, 4) is 0 Å². The summed E-state index contributed by atoms with van der Waals surface area (Å²) in [5, 5.41) is 8.29. The van der Waals surface area contributed by atoms with Gasteiger partial charge in [-0.2, -0.15) is 30.3 Å². The molecular formula is C12H12CoO2. The maximum Gasteiger partial charge on any atom is 2.00 e. The number of hydrogen-bond donors (Lipinski definition) is 1. The van der Waals surface area contributed by atoms with Crippen LogP contribution in [0.4, 0.5) is 0 Å². The summed E-state index contributed by atoms with van der Waals surface area (Å²) >= 11 is 0. The number of aliphatic carboxylic acids is 1. The van der Waals surface area contributed by atoms with Crippen molar-refractivity contribution < 1.29 is 26.7 Å². The molecule has 0 heterocycles. The van der Waals surface area contributed by atoms with Crippen LogP contribution >= 0.6 is 0 Å². The van der Waals surface area contributed by atoms with Crippen LogP contribution in [0.25, 0.3) is 0 Å². The van der Waals surface area contributed by atoms with E-state index in [0.717, 1.165) is 5.56 Å². The van der Waals surface area contributed by atoms with Gasteiger partial charge in [0.2, 0.25) is 0 Å². The molecule has 0 spiro atoms. The predicted molar refractivity (Wildman–Crippen MR) is 55.4 cm³/mol. The van der Waals surface area contributed by atoms with Gasteiger partial charge >= 0.3 is 16.8 Å². The quantitative estimate of drug-likeness (QED) is 0.827. The standard InChI is InChI=1S/C7H7O2.C5H5.Co/c8-7(9)5-6-3-1-2-4-6;1-2-4-5-3-1;/h1-4H,5H2,(H,8,9);1-5H;/q2*-1;+2. The minimum absolute atomic E-state index is 0. The van der Waals surface area contributed by atoms with Crippen LogP contribution in [0.15, 0.2) is 54.6 Å². The molecule has 2 nitrogen and oxygen atoms in total. The summed E-state index contributed by atoms with van der Waals surface area (Å²) < 4.78 is 0. The van der Waals surface area contributed by atoms with Crippen LogP contribution < -0.4 is 0 Å². The van der Waals surface area contributed by atoms with Crippen molar-refractivity contribution in [2.45, 2.75) is 6.42 Å². The zero-order valence-corrected chi connectivity index (χ0v) is 9.13. The molecular weight excluding hydrogens is 235 g/mol. The molecule has 0 bridgehead atoms. The van der Waals surface area contributed by atoms with Crippen LogP contribution in [-0.2, 0) is 28.0 Å². The summed E-state index contributed by atoms with van der Waals surface area (Å²) in [5.74, 6) is -0.777. The Balaban J connectivity index is 0.000000280. The first-order valence-electron chi connectivity index (χ1n) is 4.38. The fourth-order valence-corrected chi connectivity index (χ4v) is 1.03. The molecule has 0 aromatic heterocycles. The van der Waals surface area contributed by atoms with Crippen LogP contribution in [0.1, 0.15) is 5.56 Å². The van der Waals surface area contributed by atoms with E-state index in [1.54, 1.807) is 12.1 Å². The van der Waals surface area contributed by atoms with Gasteiger partial charge in [0.1, 0.15) is 0 Å². The third kappa shape index (κ3) is 6.71. The molecule has 0 aliphatic heterocycles. The van der Waals surface area contributed by atoms with Crippen LogP contribution in [0.3, 0.4) is 0 Å². The summed E-state index contributed by atoms with van der Waals surface area (Å²) in [4.78, 5) is 10.1. The van der Waals surface area contributed by atoms with Crippen LogP contribution in [0.5, 0.6) is 0 Å². The van der Waals surface area contributed by atoms with Crippen molar-refractivity contribution >= 4 is 5.97 Å². The van der Waals surface area contributed by atoms with Crippen molar-refractivity contribution in [2.75, 3.05) is 0 Å². The Morgan fingerprint density at radius 1 is 1.13 bits per heavy atom. The van der Waals surface area contributed by atoms with E-state index in [1.807, 2.05) is 42.5 Å². The SMILES string of the molecule is O=C(O)C[c-]1cccc1.[Co+2].c1cc[cH-]c1. The Morgan fingerprint density at radius 2 is 1.67 bits per heavy atom. The van der Waals surface area contributed by atoms with Crippen molar-refractivity contribution in [2.24, 2.45) is 0 Å². The smallest absolute Gasteiger partial charge is 0.482 e. The summed E-state index contributed by atoms with van der Waals surface area (Å²) in [6.45, 7) is 0. The predicted octanol–water partition coefficient (Wildman–Crippen LogP) is 2.44. The molecule has 0 aliphatic carbocycles. The molecule has 0 atom stereocenters. The molecule has 0 unspecified atom stereocenters. The first-order valence-corrected chi connectivity index (χ1v) is 4.38. The first kappa shape index (κ1) is 13.7. The third-order valence-corrected chi connectivity index (χ3v) is 1.64.